The smallest absolute Gasteiger partial charge is 0.239 e. The summed E-state index contributed by atoms with van der Waals surface area (Å²) in [6.45, 7) is 3.33. The number of anilines is 1. The van der Waals surface area contributed by atoms with E-state index >= 15 is 0 Å². The van der Waals surface area contributed by atoms with E-state index in [2.05, 4.69) is 5.32 Å². The first kappa shape index (κ1) is 18.3. The number of rotatable bonds is 6. The van der Waals surface area contributed by atoms with E-state index < -0.39 is 5.92 Å². The van der Waals surface area contributed by atoms with Crippen molar-refractivity contribution >= 4 is 29.1 Å². The summed E-state index contributed by atoms with van der Waals surface area (Å²) in [4.78, 5) is 26.8. The molecule has 0 saturated carbocycles. The van der Waals surface area contributed by atoms with Crippen molar-refractivity contribution in [3.05, 3.63) is 59.1 Å². The lowest BCUT2D eigenvalue weighted by molar-refractivity contribution is -0.132. The van der Waals surface area contributed by atoms with Gasteiger partial charge in [-0.05, 0) is 43.7 Å². The summed E-state index contributed by atoms with van der Waals surface area (Å²) in [5, 5.41) is 3.48. The zero-order valence-electron chi connectivity index (χ0n) is 14.6. The van der Waals surface area contributed by atoms with E-state index in [-0.39, 0.29) is 11.8 Å². The maximum absolute atomic E-state index is 12.6. The zero-order valence-corrected chi connectivity index (χ0v) is 15.3. The van der Waals surface area contributed by atoms with Gasteiger partial charge in [-0.1, -0.05) is 29.8 Å². The van der Waals surface area contributed by atoms with E-state index in [1.165, 1.54) is 0 Å². The number of carbonyl (C=O) groups is 2. The van der Waals surface area contributed by atoms with Gasteiger partial charge in [0.15, 0.2) is 0 Å². The third-order valence-corrected chi connectivity index (χ3v) is 4.64. The molecular weight excluding hydrogens is 352 g/mol. The largest absolute Gasteiger partial charge is 0.494 e. The predicted molar refractivity (Wildman–Crippen MR) is 101 cm³/mol. The topological polar surface area (TPSA) is 58.6 Å². The van der Waals surface area contributed by atoms with Crippen molar-refractivity contribution < 1.29 is 14.3 Å². The second kappa shape index (κ2) is 8.23. The summed E-state index contributed by atoms with van der Waals surface area (Å²) in [5.74, 6) is -0.346. The molecule has 0 aromatic heterocycles. The number of benzene rings is 2. The van der Waals surface area contributed by atoms with E-state index in [0.29, 0.717) is 31.1 Å². The quantitative estimate of drug-likeness (QED) is 0.790. The lowest BCUT2D eigenvalue weighted by atomic mass is 10.1. The van der Waals surface area contributed by atoms with Crippen LogP contribution >= 0.6 is 11.6 Å². The van der Waals surface area contributed by atoms with Gasteiger partial charge in [0.25, 0.3) is 0 Å². The average molecular weight is 373 g/mol. The average Bonchev–Trinajstić information content (AvgIpc) is 3.03. The number of hydrogen-bond donors (Lipinski definition) is 1. The highest BCUT2D eigenvalue weighted by molar-refractivity contribution is 6.30. The molecule has 0 radical (unpaired) electrons. The van der Waals surface area contributed by atoms with Crippen LogP contribution in [0.3, 0.4) is 0 Å². The summed E-state index contributed by atoms with van der Waals surface area (Å²) >= 11 is 5.89. The van der Waals surface area contributed by atoms with Crippen LogP contribution in [0.2, 0.25) is 5.02 Å². The van der Waals surface area contributed by atoms with E-state index in [4.69, 9.17) is 16.3 Å². The SMILES string of the molecule is CCOc1ccccc1CNC(=O)[C@@H]1CCN(c2ccc(Cl)cc2)C1=O. The van der Waals surface area contributed by atoms with Crippen molar-refractivity contribution in [2.75, 3.05) is 18.1 Å². The predicted octanol–water partition coefficient (Wildman–Crippen LogP) is 3.41. The number of nitrogens with one attached hydrogen (secondary N) is 1. The third-order valence-electron chi connectivity index (χ3n) is 4.39. The molecule has 1 heterocycles. The van der Waals surface area contributed by atoms with Gasteiger partial charge in [-0.25, -0.2) is 0 Å². The normalized spacial score (nSPS) is 16.6. The van der Waals surface area contributed by atoms with Crippen molar-refractivity contribution in [1.29, 1.82) is 0 Å². The lowest BCUT2D eigenvalue weighted by Crippen LogP contribution is -2.36. The molecular formula is C20H21ClN2O3. The second-order valence-electron chi connectivity index (χ2n) is 6.07. The standard InChI is InChI=1S/C20H21ClN2O3/c1-2-26-18-6-4-3-5-14(18)13-22-19(24)17-11-12-23(20(17)25)16-9-7-15(21)8-10-16/h3-10,17H,2,11-13H2,1H3,(H,22,24)/t17-/m0/s1. The zero-order chi connectivity index (χ0) is 18.5. The number of carbonyl (C=O) groups excluding carboxylic acids is 2. The van der Waals surface area contributed by atoms with Gasteiger partial charge in [-0.3, -0.25) is 9.59 Å². The second-order valence-corrected chi connectivity index (χ2v) is 6.50. The van der Waals surface area contributed by atoms with Crippen LogP contribution in [0.4, 0.5) is 5.69 Å². The fourth-order valence-corrected chi connectivity index (χ4v) is 3.18. The number of ether oxygens (including phenoxy) is 1. The molecule has 0 bridgehead atoms. The number of para-hydroxylation sites is 1. The number of amides is 2. The van der Waals surface area contributed by atoms with E-state index in [1.807, 2.05) is 31.2 Å². The summed E-state index contributed by atoms with van der Waals surface area (Å²) in [6.07, 6.45) is 0.500. The monoisotopic (exact) mass is 372 g/mol. The Balaban J connectivity index is 1.62. The molecule has 26 heavy (non-hydrogen) atoms. The van der Waals surface area contributed by atoms with E-state index in [9.17, 15) is 9.59 Å². The highest BCUT2D eigenvalue weighted by Gasteiger charge is 2.37. The van der Waals surface area contributed by atoms with Crippen molar-refractivity contribution in [3.63, 3.8) is 0 Å². The Morgan fingerprint density at radius 1 is 1.23 bits per heavy atom. The van der Waals surface area contributed by atoms with Crippen LogP contribution in [0.5, 0.6) is 5.75 Å². The summed E-state index contributed by atoms with van der Waals surface area (Å²) in [5.41, 5.74) is 1.65. The summed E-state index contributed by atoms with van der Waals surface area (Å²) in [6, 6.07) is 14.6. The van der Waals surface area contributed by atoms with Crippen molar-refractivity contribution in [1.82, 2.24) is 5.32 Å². The molecule has 5 nitrogen and oxygen atoms in total. The molecule has 2 aromatic carbocycles. The molecule has 6 heteroatoms. The van der Waals surface area contributed by atoms with Gasteiger partial charge in [0.05, 0.1) is 6.61 Å². The molecule has 1 N–H and O–H groups in total. The number of hydrogen-bond acceptors (Lipinski definition) is 3. The molecule has 1 aliphatic heterocycles. The Labute approximate surface area is 157 Å². The van der Waals surface area contributed by atoms with Crippen LogP contribution < -0.4 is 15.0 Å². The van der Waals surface area contributed by atoms with Gasteiger partial charge < -0.3 is 15.0 Å². The van der Waals surface area contributed by atoms with Crippen molar-refractivity contribution in [2.45, 2.75) is 19.9 Å². The maximum atomic E-state index is 12.6. The minimum absolute atomic E-state index is 0.178. The Morgan fingerprint density at radius 2 is 1.96 bits per heavy atom. The van der Waals surface area contributed by atoms with Crippen molar-refractivity contribution in [3.8, 4) is 5.75 Å². The Kier molecular flexibility index (Phi) is 5.78. The van der Waals surface area contributed by atoms with Gasteiger partial charge in [-0.15, -0.1) is 0 Å². The Morgan fingerprint density at radius 3 is 2.69 bits per heavy atom. The molecule has 0 unspecified atom stereocenters. The lowest BCUT2D eigenvalue weighted by Gasteiger charge is -2.17. The minimum atomic E-state index is -0.662. The molecule has 2 aromatic rings. The van der Waals surface area contributed by atoms with Crippen LogP contribution in [-0.4, -0.2) is 25.0 Å². The first-order valence-corrected chi connectivity index (χ1v) is 9.03. The molecule has 1 atom stereocenters. The summed E-state index contributed by atoms with van der Waals surface area (Å²) in [7, 11) is 0. The molecule has 1 saturated heterocycles. The Hall–Kier alpha value is -2.53. The number of halogens is 1. The molecule has 3 rings (SSSR count). The first-order chi connectivity index (χ1) is 12.6. The molecule has 0 spiro atoms. The molecule has 2 amide bonds. The minimum Gasteiger partial charge on any atom is -0.494 e. The van der Waals surface area contributed by atoms with Gasteiger partial charge in [0.2, 0.25) is 11.8 Å². The van der Waals surface area contributed by atoms with Gasteiger partial charge in [-0.2, -0.15) is 0 Å². The van der Waals surface area contributed by atoms with Crippen LogP contribution in [0.1, 0.15) is 18.9 Å². The molecule has 1 fully saturated rings. The molecule has 0 aliphatic carbocycles. The van der Waals surface area contributed by atoms with Gasteiger partial charge in [0.1, 0.15) is 11.7 Å². The fourth-order valence-electron chi connectivity index (χ4n) is 3.05. The van der Waals surface area contributed by atoms with Crippen molar-refractivity contribution in [2.24, 2.45) is 5.92 Å². The molecule has 1 aliphatic rings. The van der Waals surface area contributed by atoms with Gasteiger partial charge >= 0.3 is 0 Å². The van der Waals surface area contributed by atoms with Crippen LogP contribution in [-0.2, 0) is 16.1 Å². The van der Waals surface area contributed by atoms with Gasteiger partial charge in [0, 0.05) is 29.4 Å². The molecule has 136 valence electrons. The van der Waals surface area contributed by atoms with E-state index in [0.717, 1.165) is 17.0 Å². The van der Waals surface area contributed by atoms with Crippen LogP contribution in [0.15, 0.2) is 48.5 Å². The highest BCUT2D eigenvalue weighted by atomic mass is 35.5. The fraction of sp³-hybridized carbons (Fsp3) is 0.300. The van der Waals surface area contributed by atoms with E-state index in [1.54, 1.807) is 29.2 Å². The first-order valence-electron chi connectivity index (χ1n) is 8.65. The highest BCUT2D eigenvalue weighted by Crippen LogP contribution is 2.27. The van der Waals surface area contributed by atoms with Crippen LogP contribution in [0, 0.1) is 5.92 Å². The Bertz CT molecular complexity index is 792. The maximum Gasteiger partial charge on any atom is 0.239 e. The van der Waals surface area contributed by atoms with Crippen LogP contribution in [0.25, 0.3) is 0 Å². The number of nitrogens with zero attached hydrogens (tertiary/aromatic N) is 1. The third kappa shape index (κ3) is 3.99. The summed E-state index contributed by atoms with van der Waals surface area (Å²) < 4.78 is 5.56.